The topological polar surface area (TPSA) is 63.4 Å². The standard InChI is InChI=1S/C19H23N5OS/c1-11-6-7-14-13(9-11)15-17-21-16(22-24(17)10-20-18(15)26-14)19(25)23-8-4-3-5-12(23)2/h10-12H,3-9H2,1-2H3/t11-,12-/m0/s1. The lowest BCUT2D eigenvalue weighted by Crippen LogP contribution is -2.42. The van der Waals surface area contributed by atoms with E-state index < -0.39 is 0 Å². The maximum atomic E-state index is 13.0. The minimum atomic E-state index is -0.0495. The van der Waals surface area contributed by atoms with Crippen molar-refractivity contribution in [3.8, 4) is 0 Å². The monoisotopic (exact) mass is 369 g/mol. The van der Waals surface area contributed by atoms with Gasteiger partial charge in [0, 0.05) is 17.5 Å². The van der Waals surface area contributed by atoms with Gasteiger partial charge in [0.05, 0.1) is 5.39 Å². The molecular formula is C19H23N5OS. The number of hydrogen-bond donors (Lipinski definition) is 0. The average molecular weight is 369 g/mol. The van der Waals surface area contributed by atoms with Gasteiger partial charge in [-0.2, -0.15) is 0 Å². The summed E-state index contributed by atoms with van der Waals surface area (Å²) in [5, 5.41) is 5.59. The number of thiophene rings is 1. The van der Waals surface area contributed by atoms with Gasteiger partial charge in [0.25, 0.3) is 5.91 Å². The normalized spacial score (nSPS) is 23.5. The molecule has 5 rings (SSSR count). The molecule has 0 unspecified atom stereocenters. The summed E-state index contributed by atoms with van der Waals surface area (Å²) in [5.41, 5.74) is 2.16. The lowest BCUT2D eigenvalue weighted by molar-refractivity contribution is 0.0623. The summed E-state index contributed by atoms with van der Waals surface area (Å²) in [6.07, 6.45) is 8.43. The minimum Gasteiger partial charge on any atom is -0.333 e. The van der Waals surface area contributed by atoms with Gasteiger partial charge in [0.1, 0.15) is 11.2 Å². The highest BCUT2D eigenvalue weighted by atomic mass is 32.1. The highest BCUT2D eigenvalue weighted by Crippen LogP contribution is 2.38. The fourth-order valence-electron chi connectivity index (χ4n) is 4.37. The van der Waals surface area contributed by atoms with Crippen LogP contribution in [-0.2, 0) is 12.8 Å². The first kappa shape index (κ1) is 16.2. The first-order valence-electron chi connectivity index (χ1n) is 9.58. The average Bonchev–Trinajstić information content (AvgIpc) is 3.22. The summed E-state index contributed by atoms with van der Waals surface area (Å²) in [7, 11) is 0. The predicted octanol–water partition coefficient (Wildman–Crippen LogP) is 3.48. The second-order valence-electron chi connectivity index (χ2n) is 7.82. The molecule has 26 heavy (non-hydrogen) atoms. The molecule has 1 aliphatic carbocycles. The lowest BCUT2D eigenvalue weighted by Gasteiger charge is -2.32. The number of rotatable bonds is 1. The van der Waals surface area contributed by atoms with Crippen LogP contribution in [0.4, 0.5) is 0 Å². The Bertz CT molecular complexity index is 1010. The minimum absolute atomic E-state index is 0.0495. The number of carbonyl (C=O) groups excluding carboxylic acids is 1. The molecule has 1 saturated heterocycles. The summed E-state index contributed by atoms with van der Waals surface area (Å²) in [5.74, 6) is 0.933. The van der Waals surface area contributed by atoms with Crippen LogP contribution >= 0.6 is 11.3 Å². The van der Waals surface area contributed by atoms with Gasteiger partial charge in [0.15, 0.2) is 5.65 Å². The van der Waals surface area contributed by atoms with Gasteiger partial charge in [0.2, 0.25) is 5.82 Å². The van der Waals surface area contributed by atoms with E-state index in [0.717, 1.165) is 48.1 Å². The highest BCUT2D eigenvalue weighted by molar-refractivity contribution is 7.19. The second kappa shape index (κ2) is 6.01. The Labute approximate surface area is 156 Å². The summed E-state index contributed by atoms with van der Waals surface area (Å²) in [4.78, 5) is 26.6. The first-order valence-corrected chi connectivity index (χ1v) is 10.4. The van der Waals surface area contributed by atoms with Crippen LogP contribution < -0.4 is 0 Å². The van der Waals surface area contributed by atoms with Crippen molar-refractivity contribution >= 4 is 33.1 Å². The third kappa shape index (κ3) is 2.44. The number of nitrogens with zero attached hydrogens (tertiary/aromatic N) is 5. The molecule has 0 N–H and O–H groups in total. The first-order chi connectivity index (χ1) is 12.6. The SMILES string of the molecule is C[C@H]1CCc2sc3ncn4nc(C(=O)N5CCCC[C@@H]5C)nc4c3c2C1. The summed E-state index contributed by atoms with van der Waals surface area (Å²) >= 11 is 1.78. The molecule has 0 spiro atoms. The van der Waals surface area contributed by atoms with Crippen molar-refractivity contribution in [1.82, 2.24) is 24.5 Å². The van der Waals surface area contributed by atoms with E-state index in [0.29, 0.717) is 11.7 Å². The van der Waals surface area contributed by atoms with Crippen LogP contribution in [-0.4, -0.2) is 43.0 Å². The summed E-state index contributed by atoms with van der Waals surface area (Å²) < 4.78 is 1.69. The number of piperidine rings is 1. The third-order valence-corrected chi connectivity index (χ3v) is 7.08. The Morgan fingerprint density at radius 1 is 1.27 bits per heavy atom. The number of fused-ring (bicyclic) bond motifs is 5. The zero-order valence-corrected chi connectivity index (χ0v) is 16.1. The molecule has 1 fully saturated rings. The largest absolute Gasteiger partial charge is 0.333 e. The highest BCUT2D eigenvalue weighted by Gasteiger charge is 2.29. The molecule has 0 radical (unpaired) electrons. The molecule has 3 aromatic rings. The van der Waals surface area contributed by atoms with E-state index in [9.17, 15) is 4.79 Å². The van der Waals surface area contributed by atoms with E-state index in [2.05, 4.69) is 28.9 Å². The molecule has 4 heterocycles. The fourth-order valence-corrected chi connectivity index (χ4v) is 5.54. The zero-order valence-electron chi connectivity index (χ0n) is 15.2. The van der Waals surface area contributed by atoms with Crippen molar-refractivity contribution in [2.45, 2.75) is 58.4 Å². The van der Waals surface area contributed by atoms with Crippen LogP contribution in [0.1, 0.15) is 60.6 Å². The molecule has 1 aliphatic heterocycles. The molecular weight excluding hydrogens is 346 g/mol. The van der Waals surface area contributed by atoms with Gasteiger partial charge >= 0.3 is 0 Å². The second-order valence-corrected chi connectivity index (χ2v) is 8.91. The lowest BCUT2D eigenvalue weighted by atomic mass is 9.89. The van der Waals surface area contributed by atoms with Crippen molar-refractivity contribution < 1.29 is 4.79 Å². The zero-order chi connectivity index (χ0) is 17.8. The van der Waals surface area contributed by atoms with Crippen molar-refractivity contribution in [3.05, 3.63) is 22.6 Å². The summed E-state index contributed by atoms with van der Waals surface area (Å²) in [6.45, 7) is 5.22. The molecule has 6 nitrogen and oxygen atoms in total. The van der Waals surface area contributed by atoms with Crippen LogP contribution in [0.25, 0.3) is 15.9 Å². The molecule has 0 aromatic carbocycles. The molecule has 2 aliphatic rings. The molecule has 0 bridgehead atoms. The van der Waals surface area contributed by atoms with Gasteiger partial charge in [-0.25, -0.2) is 14.5 Å². The molecule has 0 saturated carbocycles. The van der Waals surface area contributed by atoms with Crippen molar-refractivity contribution in [1.29, 1.82) is 0 Å². The van der Waals surface area contributed by atoms with Gasteiger partial charge < -0.3 is 4.90 Å². The number of amides is 1. The Kier molecular flexibility index (Phi) is 3.74. The summed E-state index contributed by atoms with van der Waals surface area (Å²) in [6, 6.07) is 0.260. The Morgan fingerprint density at radius 2 is 2.15 bits per heavy atom. The van der Waals surface area contributed by atoms with E-state index in [1.807, 2.05) is 4.90 Å². The van der Waals surface area contributed by atoms with Crippen molar-refractivity contribution in [2.24, 2.45) is 5.92 Å². The van der Waals surface area contributed by atoms with Crippen LogP contribution in [0.15, 0.2) is 6.33 Å². The molecule has 136 valence electrons. The van der Waals surface area contributed by atoms with Crippen LogP contribution in [0, 0.1) is 5.92 Å². The number of hydrogen-bond acceptors (Lipinski definition) is 5. The Hall–Kier alpha value is -2.02. The predicted molar refractivity (Wildman–Crippen MR) is 102 cm³/mol. The smallest absolute Gasteiger partial charge is 0.293 e. The van der Waals surface area contributed by atoms with Crippen LogP contribution in [0.3, 0.4) is 0 Å². The number of aromatic nitrogens is 4. The molecule has 3 aromatic heterocycles. The van der Waals surface area contributed by atoms with Crippen molar-refractivity contribution in [2.75, 3.05) is 6.54 Å². The van der Waals surface area contributed by atoms with E-state index in [4.69, 9.17) is 0 Å². The van der Waals surface area contributed by atoms with Crippen LogP contribution in [0.2, 0.25) is 0 Å². The maximum Gasteiger partial charge on any atom is 0.293 e. The number of likely N-dealkylation sites (tertiary alicyclic amines) is 1. The number of aryl methyl sites for hydroxylation is 1. The Morgan fingerprint density at radius 3 is 3.00 bits per heavy atom. The van der Waals surface area contributed by atoms with E-state index in [1.54, 1.807) is 22.2 Å². The third-order valence-electron chi connectivity index (χ3n) is 5.88. The Balaban J connectivity index is 1.62. The van der Waals surface area contributed by atoms with Crippen molar-refractivity contribution in [3.63, 3.8) is 0 Å². The molecule has 7 heteroatoms. The maximum absolute atomic E-state index is 13.0. The number of carbonyl (C=O) groups is 1. The quantitative estimate of drug-likeness (QED) is 0.659. The van der Waals surface area contributed by atoms with Gasteiger partial charge in [-0.05, 0) is 56.9 Å². The van der Waals surface area contributed by atoms with Gasteiger partial charge in [-0.1, -0.05) is 6.92 Å². The van der Waals surface area contributed by atoms with E-state index in [1.165, 1.54) is 23.3 Å². The molecule has 2 atom stereocenters. The van der Waals surface area contributed by atoms with Crippen LogP contribution in [0.5, 0.6) is 0 Å². The van der Waals surface area contributed by atoms with Gasteiger partial charge in [-0.3, -0.25) is 4.79 Å². The fraction of sp³-hybridized carbons (Fsp3) is 0.579. The molecule has 1 amide bonds. The van der Waals surface area contributed by atoms with Gasteiger partial charge in [-0.15, -0.1) is 16.4 Å². The van der Waals surface area contributed by atoms with E-state index >= 15 is 0 Å². The van der Waals surface area contributed by atoms with E-state index in [-0.39, 0.29) is 11.9 Å².